The summed E-state index contributed by atoms with van der Waals surface area (Å²) in [6.07, 6.45) is 0.934. The number of nitrogens with one attached hydrogen (secondary N) is 1. The van der Waals surface area contributed by atoms with Crippen LogP contribution in [0.1, 0.15) is 18.4 Å². The van der Waals surface area contributed by atoms with Gasteiger partial charge in [-0.1, -0.05) is 0 Å². The van der Waals surface area contributed by atoms with Gasteiger partial charge in [-0.15, -0.1) is 0 Å². The molecular formula is C12H19NO4S. The van der Waals surface area contributed by atoms with E-state index < -0.39 is 10.0 Å². The maximum atomic E-state index is 11.7. The lowest BCUT2D eigenvalue weighted by Gasteiger charge is -2.10. The van der Waals surface area contributed by atoms with E-state index in [0.717, 1.165) is 11.3 Å². The molecule has 0 amide bonds. The summed E-state index contributed by atoms with van der Waals surface area (Å²) in [6.45, 7) is 1.86. The highest BCUT2D eigenvalue weighted by Crippen LogP contribution is 2.22. The molecule has 0 aromatic heterocycles. The van der Waals surface area contributed by atoms with Crippen LogP contribution in [0.3, 0.4) is 0 Å². The van der Waals surface area contributed by atoms with E-state index in [1.165, 1.54) is 0 Å². The summed E-state index contributed by atoms with van der Waals surface area (Å²) in [5.74, 6) is 0.733. The second-order valence-electron chi connectivity index (χ2n) is 4.04. The number of sulfonamides is 1. The van der Waals surface area contributed by atoms with E-state index in [4.69, 9.17) is 9.84 Å². The van der Waals surface area contributed by atoms with Gasteiger partial charge in [-0.2, -0.15) is 0 Å². The Hall–Kier alpha value is -1.27. The normalized spacial score (nSPS) is 11.3. The van der Waals surface area contributed by atoms with E-state index in [1.807, 2.05) is 6.92 Å². The molecule has 2 N–H and O–H groups in total. The van der Waals surface area contributed by atoms with Crippen LogP contribution in [0.4, 0.5) is 5.69 Å². The topological polar surface area (TPSA) is 75.6 Å². The number of unbranched alkanes of at least 4 members (excludes halogenated alkanes) is 1. The van der Waals surface area contributed by atoms with Crippen LogP contribution in [0.5, 0.6) is 5.75 Å². The molecule has 0 aliphatic rings. The zero-order valence-electron chi connectivity index (χ0n) is 10.6. The predicted molar refractivity (Wildman–Crippen MR) is 71.5 cm³/mol. The van der Waals surface area contributed by atoms with Crippen LogP contribution in [-0.4, -0.2) is 33.0 Å². The third-order valence-electron chi connectivity index (χ3n) is 2.49. The van der Waals surface area contributed by atoms with Gasteiger partial charge in [0.15, 0.2) is 0 Å². The first kappa shape index (κ1) is 14.8. The van der Waals surface area contributed by atoms with Crippen LogP contribution < -0.4 is 9.46 Å². The Balaban J connectivity index is 2.69. The second-order valence-corrected chi connectivity index (χ2v) is 5.88. The van der Waals surface area contributed by atoms with Gasteiger partial charge >= 0.3 is 0 Å². The van der Waals surface area contributed by atoms with Crippen molar-refractivity contribution in [1.29, 1.82) is 0 Å². The zero-order chi connectivity index (χ0) is 13.6. The summed E-state index contributed by atoms with van der Waals surface area (Å²) in [7, 11) is -1.77. The Bertz CT molecular complexity index is 485. The molecule has 18 heavy (non-hydrogen) atoms. The van der Waals surface area contributed by atoms with Gasteiger partial charge in [-0.3, -0.25) is 4.72 Å². The van der Waals surface area contributed by atoms with Gasteiger partial charge < -0.3 is 9.84 Å². The average Bonchev–Trinajstić information content (AvgIpc) is 2.29. The fourth-order valence-electron chi connectivity index (χ4n) is 1.58. The van der Waals surface area contributed by atoms with E-state index in [1.54, 1.807) is 25.3 Å². The molecule has 1 aromatic carbocycles. The van der Waals surface area contributed by atoms with Gasteiger partial charge in [0, 0.05) is 12.3 Å². The molecular weight excluding hydrogens is 254 g/mol. The van der Waals surface area contributed by atoms with E-state index >= 15 is 0 Å². The molecule has 0 aliphatic heterocycles. The summed E-state index contributed by atoms with van der Waals surface area (Å²) in [4.78, 5) is 0. The highest BCUT2D eigenvalue weighted by molar-refractivity contribution is 7.92. The number of methoxy groups -OCH3 is 1. The van der Waals surface area contributed by atoms with Crippen LogP contribution in [0.2, 0.25) is 0 Å². The first-order chi connectivity index (χ1) is 8.48. The molecule has 5 nitrogen and oxygen atoms in total. The molecule has 1 rings (SSSR count). The lowest BCUT2D eigenvalue weighted by Crippen LogP contribution is -2.17. The summed E-state index contributed by atoms with van der Waals surface area (Å²) < 4.78 is 31.0. The highest BCUT2D eigenvalue weighted by atomic mass is 32.2. The minimum atomic E-state index is -3.35. The highest BCUT2D eigenvalue weighted by Gasteiger charge is 2.10. The van der Waals surface area contributed by atoms with Gasteiger partial charge in [-0.05, 0) is 43.5 Å². The number of aryl methyl sites for hydroxylation is 1. The lowest BCUT2D eigenvalue weighted by molar-refractivity contribution is 0.287. The number of aliphatic hydroxyl groups excluding tert-OH is 1. The van der Waals surface area contributed by atoms with Crippen LogP contribution in [0.15, 0.2) is 18.2 Å². The fraction of sp³-hybridized carbons (Fsp3) is 0.500. The minimum absolute atomic E-state index is 0.0111. The van der Waals surface area contributed by atoms with E-state index in [2.05, 4.69) is 4.72 Å². The van der Waals surface area contributed by atoms with Crippen LogP contribution >= 0.6 is 0 Å². The van der Waals surface area contributed by atoms with Crippen molar-refractivity contribution in [2.45, 2.75) is 19.8 Å². The zero-order valence-corrected chi connectivity index (χ0v) is 11.5. The number of rotatable bonds is 7. The van der Waals surface area contributed by atoms with Crippen molar-refractivity contribution in [3.63, 3.8) is 0 Å². The average molecular weight is 273 g/mol. The standard InChI is InChI=1S/C12H19NO4S/c1-10-9-11(5-6-12(10)17-2)13-18(15,16)8-4-3-7-14/h5-6,9,13-14H,3-4,7-8H2,1-2H3. The number of hydrogen-bond donors (Lipinski definition) is 2. The molecule has 0 unspecified atom stereocenters. The monoisotopic (exact) mass is 273 g/mol. The Morgan fingerprint density at radius 3 is 2.61 bits per heavy atom. The molecule has 0 fully saturated rings. The van der Waals surface area contributed by atoms with E-state index in [0.29, 0.717) is 18.5 Å². The maximum absolute atomic E-state index is 11.7. The largest absolute Gasteiger partial charge is 0.496 e. The smallest absolute Gasteiger partial charge is 0.232 e. The minimum Gasteiger partial charge on any atom is -0.496 e. The van der Waals surface area contributed by atoms with Crippen molar-refractivity contribution in [2.75, 3.05) is 24.2 Å². The van der Waals surface area contributed by atoms with Gasteiger partial charge in [0.05, 0.1) is 12.9 Å². The van der Waals surface area contributed by atoms with Crippen molar-refractivity contribution in [3.05, 3.63) is 23.8 Å². The third-order valence-corrected chi connectivity index (χ3v) is 3.86. The SMILES string of the molecule is COc1ccc(NS(=O)(=O)CCCCO)cc1C. The maximum Gasteiger partial charge on any atom is 0.232 e. The van der Waals surface area contributed by atoms with Gasteiger partial charge in [0.1, 0.15) is 5.75 Å². The first-order valence-corrected chi connectivity index (χ1v) is 7.40. The summed E-state index contributed by atoms with van der Waals surface area (Å²) in [6, 6.07) is 5.11. The molecule has 0 spiro atoms. The molecule has 0 radical (unpaired) electrons. The molecule has 102 valence electrons. The predicted octanol–water partition coefficient (Wildman–Crippen LogP) is 1.52. The second kappa shape index (κ2) is 6.61. The Labute approximate surface area is 108 Å². The number of anilines is 1. The summed E-state index contributed by atoms with van der Waals surface area (Å²) in [5, 5.41) is 8.62. The van der Waals surface area contributed by atoms with Gasteiger partial charge in [0.25, 0.3) is 0 Å². The number of benzene rings is 1. The molecule has 6 heteroatoms. The van der Waals surface area contributed by atoms with Crippen molar-refractivity contribution in [3.8, 4) is 5.75 Å². The molecule has 0 atom stereocenters. The van der Waals surface area contributed by atoms with E-state index in [-0.39, 0.29) is 12.4 Å². The Morgan fingerprint density at radius 2 is 2.06 bits per heavy atom. The molecule has 0 saturated heterocycles. The molecule has 0 aliphatic carbocycles. The van der Waals surface area contributed by atoms with Crippen molar-refractivity contribution >= 4 is 15.7 Å². The lowest BCUT2D eigenvalue weighted by atomic mass is 10.2. The van der Waals surface area contributed by atoms with Gasteiger partial charge in [-0.25, -0.2) is 8.42 Å². The van der Waals surface area contributed by atoms with Crippen LogP contribution in [-0.2, 0) is 10.0 Å². The van der Waals surface area contributed by atoms with Crippen molar-refractivity contribution in [2.24, 2.45) is 0 Å². The first-order valence-electron chi connectivity index (χ1n) is 5.74. The van der Waals surface area contributed by atoms with E-state index in [9.17, 15) is 8.42 Å². The molecule has 0 bridgehead atoms. The van der Waals surface area contributed by atoms with Crippen molar-refractivity contribution < 1.29 is 18.3 Å². The number of ether oxygens (including phenoxy) is 1. The molecule has 0 saturated carbocycles. The van der Waals surface area contributed by atoms with Gasteiger partial charge in [0.2, 0.25) is 10.0 Å². The Morgan fingerprint density at radius 1 is 1.33 bits per heavy atom. The van der Waals surface area contributed by atoms with Crippen molar-refractivity contribution in [1.82, 2.24) is 0 Å². The molecule has 1 aromatic rings. The fourth-order valence-corrected chi connectivity index (χ4v) is 2.75. The summed E-state index contributed by atoms with van der Waals surface area (Å²) >= 11 is 0. The van der Waals surface area contributed by atoms with Crippen LogP contribution in [0, 0.1) is 6.92 Å². The van der Waals surface area contributed by atoms with Crippen LogP contribution in [0.25, 0.3) is 0 Å². The number of aliphatic hydroxyl groups is 1. The molecule has 0 heterocycles. The Kier molecular flexibility index (Phi) is 5.43. The number of hydrogen-bond acceptors (Lipinski definition) is 4. The quantitative estimate of drug-likeness (QED) is 0.739. The summed E-state index contributed by atoms with van der Waals surface area (Å²) in [5.41, 5.74) is 1.39. The third kappa shape index (κ3) is 4.54.